The maximum absolute atomic E-state index is 12.1. The zero-order valence-electron chi connectivity index (χ0n) is 14.3. The molecule has 0 aliphatic carbocycles. The monoisotopic (exact) mass is 352 g/mol. The van der Waals surface area contributed by atoms with Gasteiger partial charge < -0.3 is 13.9 Å². The summed E-state index contributed by atoms with van der Waals surface area (Å²) in [5.74, 6) is 0.764. The van der Waals surface area contributed by atoms with Crippen LogP contribution in [0.3, 0.4) is 0 Å². The summed E-state index contributed by atoms with van der Waals surface area (Å²) in [4.78, 5) is 23.7. The number of aryl methyl sites for hydroxylation is 1. The van der Waals surface area contributed by atoms with Crippen LogP contribution in [0, 0.1) is 18.3 Å². The molecule has 0 atom stereocenters. The summed E-state index contributed by atoms with van der Waals surface area (Å²) in [5.41, 5.74) is 0.958. The predicted molar refractivity (Wildman–Crippen MR) is 93.3 cm³/mol. The zero-order valence-corrected chi connectivity index (χ0v) is 14.3. The van der Waals surface area contributed by atoms with Gasteiger partial charge in [-0.1, -0.05) is 6.07 Å². The van der Waals surface area contributed by atoms with Crippen LogP contribution < -0.4 is 14.8 Å². The Kier molecular flexibility index (Phi) is 4.76. The first-order valence-corrected chi connectivity index (χ1v) is 7.92. The second kappa shape index (κ2) is 7.15. The van der Waals surface area contributed by atoms with Crippen molar-refractivity contribution in [1.29, 1.82) is 5.26 Å². The van der Waals surface area contributed by atoms with Gasteiger partial charge in [-0.15, -0.1) is 0 Å². The molecule has 1 aliphatic heterocycles. The Morgan fingerprint density at radius 2 is 1.96 bits per heavy atom. The summed E-state index contributed by atoms with van der Waals surface area (Å²) in [6, 6.07) is 7.23. The number of rotatable bonds is 4. The number of anilines is 1. The van der Waals surface area contributed by atoms with Crippen molar-refractivity contribution in [3.63, 3.8) is 0 Å². The Morgan fingerprint density at radius 3 is 2.65 bits per heavy atom. The van der Waals surface area contributed by atoms with Gasteiger partial charge in [0.2, 0.25) is 5.88 Å². The number of Topliss-reactive ketones (excluding diaryl/α,β-unsaturated/α-hetero) is 1. The molecule has 0 fully saturated rings. The SMILES string of the molecule is CC(=O)c1c(C)oc(NC(=O)/C=C\c2ccc3c(c2)OCCO3)c1C#N. The molecule has 0 saturated carbocycles. The fourth-order valence-electron chi connectivity index (χ4n) is 2.65. The number of amides is 1. The molecule has 1 aromatic heterocycles. The molecule has 7 heteroatoms. The summed E-state index contributed by atoms with van der Waals surface area (Å²) in [5, 5.41) is 11.7. The molecule has 0 saturated heterocycles. The number of fused-ring (bicyclic) bond motifs is 1. The van der Waals surface area contributed by atoms with Gasteiger partial charge in [-0.3, -0.25) is 14.9 Å². The number of ether oxygens (including phenoxy) is 2. The van der Waals surface area contributed by atoms with Crippen LogP contribution in [0.15, 0.2) is 28.7 Å². The quantitative estimate of drug-likeness (QED) is 0.670. The molecule has 1 N–H and O–H groups in total. The van der Waals surface area contributed by atoms with Gasteiger partial charge in [0.15, 0.2) is 17.3 Å². The lowest BCUT2D eigenvalue weighted by Gasteiger charge is -2.18. The molecule has 26 heavy (non-hydrogen) atoms. The molecule has 0 unspecified atom stereocenters. The third-order valence-electron chi connectivity index (χ3n) is 3.78. The van der Waals surface area contributed by atoms with E-state index < -0.39 is 5.91 Å². The van der Waals surface area contributed by atoms with E-state index in [1.54, 1.807) is 31.2 Å². The minimum Gasteiger partial charge on any atom is -0.486 e. The third-order valence-corrected chi connectivity index (χ3v) is 3.78. The lowest BCUT2D eigenvalue weighted by molar-refractivity contribution is -0.111. The van der Waals surface area contributed by atoms with Gasteiger partial charge in [0.25, 0.3) is 5.91 Å². The Bertz CT molecular complexity index is 950. The molecular formula is C19H16N2O5. The molecule has 0 bridgehead atoms. The zero-order chi connectivity index (χ0) is 18.7. The van der Waals surface area contributed by atoms with Gasteiger partial charge >= 0.3 is 0 Å². The van der Waals surface area contributed by atoms with Crippen molar-refractivity contribution in [3.05, 3.63) is 46.7 Å². The molecule has 2 aromatic rings. The van der Waals surface area contributed by atoms with Gasteiger partial charge in [0, 0.05) is 6.08 Å². The van der Waals surface area contributed by atoms with Gasteiger partial charge in [0.05, 0.1) is 5.56 Å². The number of nitriles is 1. The van der Waals surface area contributed by atoms with Gasteiger partial charge in [-0.25, -0.2) is 0 Å². The minimum absolute atomic E-state index is 0.0241. The number of ketones is 1. The van der Waals surface area contributed by atoms with Crippen LogP contribution >= 0.6 is 0 Å². The highest BCUT2D eigenvalue weighted by Gasteiger charge is 2.21. The van der Waals surface area contributed by atoms with Crippen LogP contribution in [0.1, 0.15) is 34.2 Å². The van der Waals surface area contributed by atoms with E-state index >= 15 is 0 Å². The van der Waals surface area contributed by atoms with Crippen molar-refractivity contribution in [1.82, 2.24) is 0 Å². The average Bonchev–Trinajstić information content (AvgIpc) is 2.94. The fourth-order valence-corrected chi connectivity index (χ4v) is 2.65. The second-order valence-electron chi connectivity index (χ2n) is 5.63. The Balaban J connectivity index is 1.75. The lowest BCUT2D eigenvalue weighted by atomic mass is 10.1. The van der Waals surface area contributed by atoms with Crippen molar-refractivity contribution >= 4 is 23.7 Å². The Labute approximate surface area is 149 Å². The molecule has 2 heterocycles. The number of nitrogens with one attached hydrogen (secondary N) is 1. The van der Waals surface area contributed by atoms with Crippen molar-refractivity contribution in [2.24, 2.45) is 0 Å². The number of carbonyl (C=O) groups is 2. The van der Waals surface area contributed by atoms with Crippen molar-refractivity contribution < 1.29 is 23.5 Å². The Hall–Kier alpha value is -3.53. The molecule has 1 aromatic carbocycles. The maximum atomic E-state index is 12.1. The molecule has 3 rings (SSSR count). The maximum Gasteiger partial charge on any atom is 0.250 e. The van der Waals surface area contributed by atoms with Crippen molar-refractivity contribution in [3.8, 4) is 17.6 Å². The van der Waals surface area contributed by atoms with Gasteiger partial charge in [-0.2, -0.15) is 5.26 Å². The molecule has 0 spiro atoms. The number of furan rings is 1. The van der Waals surface area contributed by atoms with Crippen LogP contribution in [0.2, 0.25) is 0 Å². The second-order valence-corrected chi connectivity index (χ2v) is 5.63. The van der Waals surface area contributed by atoms with Crippen LogP contribution in [0.25, 0.3) is 6.08 Å². The summed E-state index contributed by atoms with van der Waals surface area (Å²) in [6.07, 6.45) is 2.90. The highest BCUT2D eigenvalue weighted by atomic mass is 16.6. The number of carbonyl (C=O) groups excluding carboxylic acids is 2. The molecular weight excluding hydrogens is 336 g/mol. The van der Waals surface area contributed by atoms with E-state index in [-0.39, 0.29) is 22.8 Å². The molecule has 1 amide bonds. The number of benzene rings is 1. The van der Waals surface area contributed by atoms with Gasteiger partial charge in [-0.05, 0) is 37.6 Å². The van der Waals surface area contributed by atoms with E-state index in [1.165, 1.54) is 13.0 Å². The minimum atomic E-state index is -0.486. The summed E-state index contributed by atoms with van der Waals surface area (Å²) < 4.78 is 16.3. The van der Waals surface area contributed by atoms with E-state index in [1.807, 2.05) is 6.07 Å². The topological polar surface area (TPSA) is 102 Å². The van der Waals surface area contributed by atoms with E-state index in [2.05, 4.69) is 5.32 Å². The normalized spacial score (nSPS) is 12.7. The van der Waals surface area contributed by atoms with Crippen molar-refractivity contribution in [2.45, 2.75) is 13.8 Å². The summed E-state index contributed by atoms with van der Waals surface area (Å²) >= 11 is 0. The summed E-state index contributed by atoms with van der Waals surface area (Å²) in [6.45, 7) is 3.90. The smallest absolute Gasteiger partial charge is 0.250 e. The van der Waals surface area contributed by atoms with E-state index in [4.69, 9.17) is 13.9 Å². The van der Waals surface area contributed by atoms with E-state index in [9.17, 15) is 14.9 Å². The molecule has 0 radical (unpaired) electrons. The largest absolute Gasteiger partial charge is 0.486 e. The first-order chi connectivity index (χ1) is 12.5. The van der Waals surface area contributed by atoms with Crippen LogP contribution in [-0.2, 0) is 4.79 Å². The standard InChI is InChI=1S/C19H16N2O5/c1-11(22)18-12(2)26-19(14(18)10-20)21-17(23)6-4-13-3-5-15-16(9-13)25-8-7-24-15/h3-6,9H,7-8H2,1-2H3,(H,21,23)/b6-4-. The van der Waals surface area contributed by atoms with E-state index in [0.717, 1.165) is 5.56 Å². The lowest BCUT2D eigenvalue weighted by Crippen LogP contribution is -2.15. The summed E-state index contributed by atoms with van der Waals surface area (Å²) in [7, 11) is 0. The Morgan fingerprint density at radius 1 is 1.23 bits per heavy atom. The van der Waals surface area contributed by atoms with Crippen LogP contribution in [0.4, 0.5) is 5.88 Å². The number of hydrogen-bond acceptors (Lipinski definition) is 6. The third kappa shape index (κ3) is 3.44. The predicted octanol–water partition coefficient (Wildman–Crippen LogP) is 3.09. The van der Waals surface area contributed by atoms with Crippen molar-refractivity contribution in [2.75, 3.05) is 18.5 Å². The van der Waals surface area contributed by atoms with E-state index in [0.29, 0.717) is 30.5 Å². The van der Waals surface area contributed by atoms with Crippen LogP contribution in [-0.4, -0.2) is 24.9 Å². The first-order valence-electron chi connectivity index (χ1n) is 7.92. The number of nitrogens with zero attached hydrogens (tertiary/aromatic N) is 1. The highest BCUT2D eigenvalue weighted by Crippen LogP contribution is 2.31. The van der Waals surface area contributed by atoms with Crippen LogP contribution in [0.5, 0.6) is 11.5 Å². The van der Waals surface area contributed by atoms with Gasteiger partial charge in [0.1, 0.15) is 30.6 Å². The average molecular weight is 352 g/mol. The molecule has 7 nitrogen and oxygen atoms in total. The first kappa shape index (κ1) is 17.3. The molecule has 1 aliphatic rings. The molecule has 132 valence electrons. The highest BCUT2D eigenvalue weighted by molar-refractivity contribution is 6.04. The number of hydrogen-bond donors (Lipinski definition) is 1. The fraction of sp³-hybridized carbons (Fsp3) is 0.211.